The van der Waals surface area contributed by atoms with Gasteiger partial charge in [-0.2, -0.15) is 0 Å². The molecular weight excluding hydrogens is 264 g/mol. The Kier molecular flexibility index (Phi) is 4.30. The Morgan fingerprint density at radius 3 is 2.65 bits per heavy atom. The summed E-state index contributed by atoms with van der Waals surface area (Å²) in [7, 11) is 1.38. The van der Waals surface area contributed by atoms with Gasteiger partial charge in [-0.1, -0.05) is 12.1 Å². The van der Waals surface area contributed by atoms with Crippen LogP contribution in [0.3, 0.4) is 0 Å². The minimum Gasteiger partial charge on any atom is -0.494 e. The molecule has 0 saturated heterocycles. The van der Waals surface area contributed by atoms with Crippen molar-refractivity contribution in [2.45, 2.75) is 6.54 Å². The molecule has 0 unspecified atom stereocenters. The maximum Gasteiger partial charge on any atom is 0.251 e. The predicted octanol–water partition coefficient (Wildman–Crippen LogP) is 2.90. The molecule has 0 bridgehead atoms. The molecule has 0 saturated carbocycles. The van der Waals surface area contributed by atoms with Gasteiger partial charge in [0.2, 0.25) is 0 Å². The van der Waals surface area contributed by atoms with Gasteiger partial charge in [-0.15, -0.1) is 0 Å². The van der Waals surface area contributed by atoms with E-state index in [-0.39, 0.29) is 17.9 Å². The van der Waals surface area contributed by atoms with Gasteiger partial charge in [-0.25, -0.2) is 8.78 Å². The Morgan fingerprint density at radius 2 is 2.00 bits per heavy atom. The first-order valence-electron chi connectivity index (χ1n) is 5.96. The third kappa shape index (κ3) is 3.32. The molecule has 0 spiro atoms. The fourth-order valence-electron chi connectivity index (χ4n) is 1.73. The minimum absolute atomic E-state index is 0.144. The quantitative estimate of drug-likeness (QED) is 0.933. The maximum absolute atomic E-state index is 13.5. The summed E-state index contributed by atoms with van der Waals surface area (Å²) < 4.78 is 31.3. The molecule has 104 valence electrons. The van der Waals surface area contributed by atoms with Crippen molar-refractivity contribution in [1.82, 2.24) is 5.32 Å². The Bertz CT molecular complexity index is 629. The molecule has 3 nitrogen and oxygen atoms in total. The number of benzene rings is 2. The first kappa shape index (κ1) is 14.0. The fraction of sp³-hybridized carbons (Fsp3) is 0.133. The van der Waals surface area contributed by atoms with Crippen LogP contribution >= 0.6 is 0 Å². The summed E-state index contributed by atoms with van der Waals surface area (Å²) in [5, 5.41) is 2.59. The smallest absolute Gasteiger partial charge is 0.251 e. The van der Waals surface area contributed by atoms with Crippen molar-refractivity contribution in [3.05, 3.63) is 65.2 Å². The Hall–Kier alpha value is -2.43. The van der Waals surface area contributed by atoms with Crippen LogP contribution in [0.15, 0.2) is 42.5 Å². The molecule has 0 aromatic heterocycles. The molecule has 0 atom stereocenters. The van der Waals surface area contributed by atoms with Gasteiger partial charge in [0.25, 0.3) is 5.91 Å². The lowest BCUT2D eigenvalue weighted by Crippen LogP contribution is -2.22. The molecule has 1 amide bonds. The summed E-state index contributed by atoms with van der Waals surface area (Å²) >= 11 is 0. The molecule has 0 heterocycles. The number of amides is 1. The SMILES string of the molecule is COc1ccc(CNC(=O)c2cccc(F)c2)cc1F. The van der Waals surface area contributed by atoms with E-state index < -0.39 is 17.5 Å². The minimum atomic E-state index is -0.495. The highest BCUT2D eigenvalue weighted by atomic mass is 19.1. The highest BCUT2D eigenvalue weighted by molar-refractivity contribution is 5.94. The third-order valence-corrected chi connectivity index (χ3v) is 2.76. The van der Waals surface area contributed by atoms with Gasteiger partial charge in [0, 0.05) is 12.1 Å². The van der Waals surface area contributed by atoms with Crippen LogP contribution in [0.25, 0.3) is 0 Å². The van der Waals surface area contributed by atoms with Gasteiger partial charge >= 0.3 is 0 Å². The molecule has 2 aromatic carbocycles. The van der Waals surface area contributed by atoms with Crippen LogP contribution in [0.4, 0.5) is 8.78 Å². The van der Waals surface area contributed by atoms with E-state index >= 15 is 0 Å². The van der Waals surface area contributed by atoms with Gasteiger partial charge in [0.1, 0.15) is 5.82 Å². The number of hydrogen-bond acceptors (Lipinski definition) is 2. The van der Waals surface area contributed by atoms with Crippen molar-refractivity contribution >= 4 is 5.91 Å². The van der Waals surface area contributed by atoms with Crippen molar-refractivity contribution in [2.75, 3.05) is 7.11 Å². The summed E-state index contributed by atoms with van der Waals surface area (Å²) in [6, 6.07) is 9.78. The van der Waals surface area contributed by atoms with Gasteiger partial charge < -0.3 is 10.1 Å². The first-order valence-corrected chi connectivity index (χ1v) is 5.96. The van der Waals surface area contributed by atoms with Crippen LogP contribution in [0.5, 0.6) is 5.75 Å². The van der Waals surface area contributed by atoms with E-state index in [2.05, 4.69) is 5.32 Å². The van der Waals surface area contributed by atoms with E-state index in [9.17, 15) is 13.6 Å². The van der Waals surface area contributed by atoms with Gasteiger partial charge in [0.05, 0.1) is 7.11 Å². The van der Waals surface area contributed by atoms with Crippen molar-refractivity contribution < 1.29 is 18.3 Å². The molecule has 0 aliphatic heterocycles. The van der Waals surface area contributed by atoms with Crippen LogP contribution in [0, 0.1) is 11.6 Å². The number of carbonyl (C=O) groups excluding carboxylic acids is 1. The fourth-order valence-corrected chi connectivity index (χ4v) is 1.73. The average Bonchev–Trinajstić information content (AvgIpc) is 2.45. The molecule has 0 fully saturated rings. The predicted molar refractivity (Wildman–Crippen MR) is 70.5 cm³/mol. The highest BCUT2D eigenvalue weighted by Gasteiger charge is 2.07. The van der Waals surface area contributed by atoms with Crippen LogP contribution < -0.4 is 10.1 Å². The highest BCUT2D eigenvalue weighted by Crippen LogP contribution is 2.17. The second kappa shape index (κ2) is 6.14. The molecule has 2 rings (SSSR count). The van der Waals surface area contributed by atoms with Crippen molar-refractivity contribution in [2.24, 2.45) is 0 Å². The van der Waals surface area contributed by atoms with Crippen LogP contribution in [-0.2, 0) is 6.54 Å². The van der Waals surface area contributed by atoms with Gasteiger partial charge in [-0.05, 0) is 35.9 Å². The zero-order valence-corrected chi connectivity index (χ0v) is 10.8. The van der Waals surface area contributed by atoms with Crippen LogP contribution in [0.1, 0.15) is 15.9 Å². The van der Waals surface area contributed by atoms with Crippen molar-refractivity contribution in [1.29, 1.82) is 0 Å². The van der Waals surface area contributed by atoms with E-state index in [1.807, 2.05) is 0 Å². The maximum atomic E-state index is 13.5. The number of ether oxygens (including phenoxy) is 1. The van der Waals surface area contributed by atoms with Gasteiger partial charge in [0.15, 0.2) is 11.6 Å². The standard InChI is InChI=1S/C15H13F2NO2/c1-20-14-6-5-10(7-13(14)17)9-18-15(19)11-3-2-4-12(16)8-11/h2-8H,9H2,1H3,(H,18,19). The average molecular weight is 277 g/mol. The number of halogens is 2. The van der Waals surface area contributed by atoms with E-state index in [1.165, 1.54) is 37.4 Å². The lowest BCUT2D eigenvalue weighted by Gasteiger charge is -2.07. The zero-order valence-electron chi connectivity index (χ0n) is 10.8. The molecular formula is C15H13F2NO2. The lowest BCUT2D eigenvalue weighted by atomic mass is 10.2. The number of rotatable bonds is 4. The Labute approximate surface area is 115 Å². The molecule has 0 radical (unpaired) electrons. The van der Waals surface area contributed by atoms with Crippen LogP contribution in [-0.4, -0.2) is 13.0 Å². The second-order valence-electron chi connectivity index (χ2n) is 4.16. The topological polar surface area (TPSA) is 38.3 Å². The van der Waals surface area contributed by atoms with E-state index in [1.54, 1.807) is 6.07 Å². The van der Waals surface area contributed by atoms with E-state index in [4.69, 9.17) is 4.74 Å². The number of carbonyl (C=O) groups is 1. The summed E-state index contributed by atoms with van der Waals surface area (Å²) in [6.07, 6.45) is 0. The molecule has 20 heavy (non-hydrogen) atoms. The number of hydrogen-bond donors (Lipinski definition) is 1. The molecule has 0 aliphatic carbocycles. The summed E-state index contributed by atoms with van der Waals surface area (Å²) in [5.74, 6) is -1.25. The van der Waals surface area contributed by atoms with E-state index in [0.29, 0.717) is 5.56 Å². The first-order chi connectivity index (χ1) is 9.60. The second-order valence-corrected chi connectivity index (χ2v) is 4.16. The number of methoxy groups -OCH3 is 1. The largest absolute Gasteiger partial charge is 0.494 e. The number of nitrogens with one attached hydrogen (secondary N) is 1. The normalized spacial score (nSPS) is 10.2. The van der Waals surface area contributed by atoms with E-state index in [0.717, 1.165) is 6.07 Å². The van der Waals surface area contributed by atoms with Crippen molar-refractivity contribution in [3.8, 4) is 5.75 Å². The Balaban J connectivity index is 2.02. The summed E-state index contributed by atoms with van der Waals surface area (Å²) in [5.41, 5.74) is 0.812. The molecule has 0 aliphatic rings. The summed E-state index contributed by atoms with van der Waals surface area (Å²) in [6.45, 7) is 0.149. The Morgan fingerprint density at radius 1 is 1.20 bits per heavy atom. The zero-order chi connectivity index (χ0) is 14.5. The van der Waals surface area contributed by atoms with Crippen LogP contribution in [0.2, 0.25) is 0 Å². The molecule has 1 N–H and O–H groups in total. The van der Waals surface area contributed by atoms with Crippen molar-refractivity contribution in [3.63, 3.8) is 0 Å². The molecule has 2 aromatic rings. The monoisotopic (exact) mass is 277 g/mol. The lowest BCUT2D eigenvalue weighted by molar-refractivity contribution is 0.0950. The van der Waals surface area contributed by atoms with Gasteiger partial charge in [-0.3, -0.25) is 4.79 Å². The summed E-state index contributed by atoms with van der Waals surface area (Å²) in [4.78, 5) is 11.8. The third-order valence-electron chi connectivity index (χ3n) is 2.76. The molecule has 5 heteroatoms.